The number of nitrogens with one attached hydrogen (secondary N) is 2. The van der Waals surface area contributed by atoms with Crippen molar-refractivity contribution in [1.29, 1.82) is 0 Å². The lowest BCUT2D eigenvalue weighted by molar-refractivity contribution is 0.102. The number of fused-ring (bicyclic) bond motifs is 1. The predicted molar refractivity (Wildman–Crippen MR) is 173 cm³/mol. The fraction of sp³-hybridized carbons (Fsp3) is 0.333. The zero-order valence-corrected chi connectivity index (χ0v) is 26.3. The zero-order valence-electron chi connectivity index (χ0n) is 24.7. The summed E-state index contributed by atoms with van der Waals surface area (Å²) in [5.74, 6) is 0.574. The number of carbonyl (C=O) groups excluding carboxylic acids is 1. The molecule has 11 heteroatoms. The van der Waals surface area contributed by atoms with Gasteiger partial charge < -0.3 is 9.64 Å². The molecule has 0 fully saturated rings. The molecule has 1 aliphatic carbocycles. The summed E-state index contributed by atoms with van der Waals surface area (Å²) in [5.41, 5.74) is 6.71. The van der Waals surface area contributed by atoms with Gasteiger partial charge in [0, 0.05) is 28.7 Å². The van der Waals surface area contributed by atoms with Crippen LogP contribution in [0.15, 0.2) is 60.7 Å². The number of allylic oxidation sites excluding steroid dienone is 1. The van der Waals surface area contributed by atoms with Gasteiger partial charge in [0.2, 0.25) is 0 Å². The molecule has 0 saturated carbocycles. The SMILES string of the molecule is CC[C@@H](CN(C)CCCF)Oc1ccc(C2=C(c3ccc(Cl)cc3Cl)CCCc3cc(C(=O)Nc4nn[nH]n4)ccc32)cc1. The van der Waals surface area contributed by atoms with E-state index >= 15 is 0 Å². The Balaban J connectivity index is 1.50. The average molecular weight is 638 g/mol. The normalized spacial score (nSPS) is 13.9. The fourth-order valence-corrected chi connectivity index (χ4v) is 6.08. The van der Waals surface area contributed by atoms with E-state index in [2.05, 4.69) is 49.9 Å². The number of carbonyl (C=O) groups is 1. The van der Waals surface area contributed by atoms with Crippen molar-refractivity contribution in [2.24, 2.45) is 0 Å². The van der Waals surface area contributed by atoms with Crippen LogP contribution < -0.4 is 10.1 Å². The second kappa shape index (κ2) is 14.8. The molecule has 4 aromatic rings. The van der Waals surface area contributed by atoms with Crippen LogP contribution in [0.2, 0.25) is 10.0 Å². The number of aromatic nitrogens is 4. The van der Waals surface area contributed by atoms with E-state index in [1.165, 1.54) is 0 Å². The van der Waals surface area contributed by atoms with E-state index in [-0.39, 0.29) is 24.6 Å². The maximum Gasteiger partial charge on any atom is 0.270 e. The lowest BCUT2D eigenvalue weighted by atomic mass is 9.87. The molecule has 0 bridgehead atoms. The monoisotopic (exact) mass is 636 g/mol. The van der Waals surface area contributed by atoms with E-state index in [0.29, 0.717) is 28.6 Å². The summed E-state index contributed by atoms with van der Waals surface area (Å²) >= 11 is 13.0. The van der Waals surface area contributed by atoms with Gasteiger partial charge in [0.05, 0.1) is 6.67 Å². The highest BCUT2D eigenvalue weighted by molar-refractivity contribution is 6.36. The van der Waals surface area contributed by atoms with Gasteiger partial charge in [-0.05, 0) is 114 Å². The second-order valence-electron chi connectivity index (χ2n) is 10.9. The van der Waals surface area contributed by atoms with E-state index in [0.717, 1.165) is 71.4 Å². The van der Waals surface area contributed by atoms with Crippen LogP contribution in [0.25, 0.3) is 11.1 Å². The molecular formula is C33H35Cl2FN6O2. The Hall–Kier alpha value is -3.79. The van der Waals surface area contributed by atoms with E-state index in [1.807, 2.05) is 49.5 Å². The van der Waals surface area contributed by atoms with Crippen molar-refractivity contribution >= 4 is 46.2 Å². The minimum Gasteiger partial charge on any atom is -0.489 e. The number of amides is 1. The first-order chi connectivity index (χ1) is 21.4. The minimum absolute atomic E-state index is 0.0104. The average Bonchev–Trinajstić information content (AvgIpc) is 3.46. The third kappa shape index (κ3) is 7.64. The second-order valence-corrected chi connectivity index (χ2v) is 11.7. The number of benzene rings is 3. The number of likely N-dealkylation sites (N-methyl/N-ethyl adjacent to an activating group) is 1. The molecule has 1 amide bonds. The highest BCUT2D eigenvalue weighted by atomic mass is 35.5. The lowest BCUT2D eigenvalue weighted by Gasteiger charge is -2.24. The van der Waals surface area contributed by atoms with Gasteiger partial charge in [0.15, 0.2) is 0 Å². The number of aromatic amines is 1. The van der Waals surface area contributed by atoms with Crippen LogP contribution in [-0.2, 0) is 6.42 Å². The van der Waals surface area contributed by atoms with Crippen molar-refractivity contribution in [3.8, 4) is 5.75 Å². The first kappa shape index (κ1) is 31.6. The number of H-pyrrole nitrogens is 1. The molecule has 44 heavy (non-hydrogen) atoms. The van der Waals surface area contributed by atoms with Gasteiger partial charge in [0.25, 0.3) is 11.9 Å². The number of nitrogens with zero attached hydrogens (tertiary/aromatic N) is 4. The van der Waals surface area contributed by atoms with E-state index in [9.17, 15) is 9.18 Å². The number of aryl methyl sites for hydroxylation is 1. The summed E-state index contributed by atoms with van der Waals surface area (Å²) in [6, 6.07) is 19.5. The van der Waals surface area contributed by atoms with Gasteiger partial charge in [-0.1, -0.05) is 59.5 Å². The number of hydrogen-bond acceptors (Lipinski definition) is 6. The van der Waals surface area contributed by atoms with Gasteiger partial charge in [0.1, 0.15) is 11.9 Å². The van der Waals surface area contributed by atoms with Crippen LogP contribution in [0.3, 0.4) is 0 Å². The van der Waals surface area contributed by atoms with E-state index in [4.69, 9.17) is 27.9 Å². The highest BCUT2D eigenvalue weighted by Gasteiger charge is 2.23. The molecular weight excluding hydrogens is 602 g/mol. The Bertz CT molecular complexity index is 1610. The summed E-state index contributed by atoms with van der Waals surface area (Å²) < 4.78 is 19.0. The number of alkyl halides is 1. The number of hydrogen-bond donors (Lipinski definition) is 2. The first-order valence-electron chi connectivity index (χ1n) is 14.7. The van der Waals surface area contributed by atoms with Gasteiger partial charge in [-0.3, -0.25) is 14.5 Å². The molecule has 0 radical (unpaired) electrons. The summed E-state index contributed by atoms with van der Waals surface area (Å²) in [6.45, 7) is 3.19. The number of rotatable bonds is 12. The van der Waals surface area contributed by atoms with Gasteiger partial charge in [-0.25, -0.2) is 0 Å². The highest BCUT2D eigenvalue weighted by Crippen LogP contribution is 2.42. The Kier molecular flexibility index (Phi) is 10.6. The van der Waals surface area contributed by atoms with Crippen molar-refractivity contribution in [1.82, 2.24) is 25.5 Å². The predicted octanol–water partition coefficient (Wildman–Crippen LogP) is 7.50. The summed E-state index contributed by atoms with van der Waals surface area (Å²) in [7, 11) is 1.99. The van der Waals surface area contributed by atoms with Crippen LogP contribution in [0.4, 0.5) is 10.3 Å². The number of halogens is 3. The summed E-state index contributed by atoms with van der Waals surface area (Å²) in [4.78, 5) is 15.1. The van der Waals surface area contributed by atoms with Crippen molar-refractivity contribution in [2.45, 2.75) is 45.1 Å². The molecule has 0 unspecified atom stereocenters. The standard InChI is InChI=1S/C33H35Cl2FN6O2/c1-3-25(20-42(2)17-5-16-36)44-26-12-8-21(9-13-26)31-27-14-10-23(32(43)37-33-38-40-41-39-33)18-22(27)6-4-7-29(31)28-15-11-24(34)19-30(28)35/h8-15,18-19,25H,3-7,16-17,20H2,1-2H3,(H2,37,38,39,40,41,43)/t25-/m0/s1. The van der Waals surface area contributed by atoms with Crippen LogP contribution in [0, 0.1) is 0 Å². The summed E-state index contributed by atoms with van der Waals surface area (Å²) in [5, 5.41) is 17.3. The first-order valence-corrected chi connectivity index (χ1v) is 15.5. The maximum absolute atomic E-state index is 13.0. The molecule has 1 aliphatic rings. The topological polar surface area (TPSA) is 96.0 Å². The molecule has 5 rings (SSSR count). The Labute approximate surface area is 266 Å². The van der Waals surface area contributed by atoms with Crippen LogP contribution >= 0.6 is 23.2 Å². The van der Waals surface area contributed by atoms with Gasteiger partial charge >= 0.3 is 0 Å². The zero-order chi connectivity index (χ0) is 31.1. The van der Waals surface area contributed by atoms with Crippen molar-refractivity contribution in [3.63, 3.8) is 0 Å². The molecule has 1 heterocycles. The van der Waals surface area contributed by atoms with Crippen molar-refractivity contribution in [2.75, 3.05) is 32.1 Å². The molecule has 0 aliphatic heterocycles. The van der Waals surface area contributed by atoms with E-state index in [1.54, 1.807) is 6.07 Å². The largest absolute Gasteiger partial charge is 0.489 e. The number of tetrazole rings is 1. The van der Waals surface area contributed by atoms with Crippen LogP contribution in [0.5, 0.6) is 5.75 Å². The third-order valence-electron chi connectivity index (χ3n) is 7.73. The Morgan fingerprint density at radius 2 is 1.89 bits per heavy atom. The Morgan fingerprint density at radius 3 is 2.59 bits per heavy atom. The minimum atomic E-state index is -0.319. The Morgan fingerprint density at radius 1 is 1.09 bits per heavy atom. The molecule has 0 saturated heterocycles. The third-order valence-corrected chi connectivity index (χ3v) is 8.28. The summed E-state index contributed by atoms with van der Waals surface area (Å²) in [6.07, 6.45) is 3.79. The van der Waals surface area contributed by atoms with Crippen molar-refractivity contribution < 1.29 is 13.9 Å². The van der Waals surface area contributed by atoms with Gasteiger partial charge in [-0.15, -0.1) is 5.10 Å². The number of ether oxygens (including phenoxy) is 1. The number of anilines is 1. The molecule has 0 spiro atoms. The fourth-order valence-electron chi connectivity index (χ4n) is 5.56. The maximum atomic E-state index is 13.0. The molecule has 1 atom stereocenters. The quantitative estimate of drug-likeness (QED) is 0.167. The van der Waals surface area contributed by atoms with Gasteiger partial charge in [-0.2, -0.15) is 5.21 Å². The molecule has 3 aromatic carbocycles. The molecule has 1 aromatic heterocycles. The lowest BCUT2D eigenvalue weighted by Crippen LogP contribution is -2.33. The molecule has 8 nitrogen and oxygen atoms in total. The molecule has 2 N–H and O–H groups in total. The molecule has 230 valence electrons. The van der Waals surface area contributed by atoms with Crippen LogP contribution in [-0.4, -0.2) is 64.3 Å². The van der Waals surface area contributed by atoms with Crippen LogP contribution in [0.1, 0.15) is 65.2 Å². The smallest absolute Gasteiger partial charge is 0.270 e. The van der Waals surface area contributed by atoms with E-state index < -0.39 is 0 Å². The van der Waals surface area contributed by atoms with Crippen molar-refractivity contribution in [3.05, 3.63) is 98.5 Å².